The minimum atomic E-state index is -1.12. The molecule has 0 unspecified atom stereocenters. The number of aromatic carboxylic acids is 1. The van der Waals surface area contributed by atoms with Gasteiger partial charge in [-0.3, -0.25) is 4.79 Å². The van der Waals surface area contributed by atoms with Crippen molar-refractivity contribution in [2.24, 2.45) is 0 Å². The topological polar surface area (TPSA) is 94.0 Å². The second-order valence-electron chi connectivity index (χ2n) is 6.56. The van der Waals surface area contributed by atoms with E-state index in [-0.39, 0.29) is 17.9 Å². The molecule has 8 heteroatoms. The highest BCUT2D eigenvalue weighted by Crippen LogP contribution is 2.18. The van der Waals surface area contributed by atoms with Crippen LogP contribution in [0.25, 0.3) is 22.1 Å². The first-order valence-electron chi connectivity index (χ1n) is 9.05. The summed E-state index contributed by atoms with van der Waals surface area (Å²) in [5, 5.41) is 8.87. The fourth-order valence-corrected chi connectivity index (χ4v) is 4.14. The lowest BCUT2D eigenvalue weighted by atomic mass is 10.2. The van der Waals surface area contributed by atoms with Gasteiger partial charge in [0.05, 0.1) is 15.6 Å². The summed E-state index contributed by atoms with van der Waals surface area (Å²) in [7, 11) is 0. The van der Waals surface area contributed by atoms with E-state index in [0.29, 0.717) is 21.0 Å². The van der Waals surface area contributed by atoms with Crippen LogP contribution in [0.4, 0.5) is 0 Å². The molecule has 0 radical (unpaired) electrons. The van der Waals surface area contributed by atoms with Crippen LogP contribution in [0, 0.1) is 0 Å². The highest BCUT2D eigenvalue weighted by Gasteiger charge is 2.11. The third kappa shape index (κ3) is 3.23. The average Bonchev–Trinajstić information content (AvgIpc) is 3.43. The summed E-state index contributed by atoms with van der Waals surface area (Å²) < 4.78 is 13.0. The predicted octanol–water partition coefficient (Wildman–Crippen LogP) is 3.33. The highest BCUT2D eigenvalue weighted by molar-refractivity contribution is 7.15. The van der Waals surface area contributed by atoms with Gasteiger partial charge < -0.3 is 14.3 Å². The average molecular weight is 418 g/mol. The van der Waals surface area contributed by atoms with Gasteiger partial charge in [0.1, 0.15) is 18.1 Å². The fourth-order valence-electron chi connectivity index (χ4n) is 3.15. The molecule has 0 bridgehead atoms. The van der Waals surface area contributed by atoms with Crippen LogP contribution in [-0.2, 0) is 6.61 Å². The minimum absolute atomic E-state index is 0.0870. The molecule has 5 rings (SSSR count). The molecular formula is C22H14N2O5S. The molecule has 0 spiro atoms. The van der Waals surface area contributed by atoms with E-state index in [2.05, 4.69) is 4.98 Å². The predicted molar refractivity (Wildman–Crippen MR) is 112 cm³/mol. The number of rotatable bonds is 5. The molecule has 0 fully saturated rings. The SMILES string of the molecule is O=C(O)c1ccc(COc2ccc(C=c3sc4nc5ccccc5n4c3=O)cc2)o1. The van der Waals surface area contributed by atoms with Gasteiger partial charge >= 0.3 is 5.97 Å². The number of nitrogens with zero attached hydrogens (tertiary/aromatic N) is 2. The number of ether oxygens (including phenoxy) is 1. The van der Waals surface area contributed by atoms with E-state index in [0.717, 1.165) is 16.6 Å². The first kappa shape index (κ1) is 18.1. The number of fused-ring (bicyclic) bond motifs is 3. The van der Waals surface area contributed by atoms with Gasteiger partial charge in [0.15, 0.2) is 4.96 Å². The van der Waals surface area contributed by atoms with Crippen LogP contribution in [0.3, 0.4) is 0 Å². The number of carboxylic acid groups (broad SMARTS) is 1. The van der Waals surface area contributed by atoms with E-state index in [9.17, 15) is 9.59 Å². The minimum Gasteiger partial charge on any atom is -0.486 e. The molecule has 30 heavy (non-hydrogen) atoms. The number of aromatic nitrogens is 2. The number of carboxylic acids is 1. The van der Waals surface area contributed by atoms with Crippen molar-refractivity contribution in [3.05, 3.63) is 92.6 Å². The van der Waals surface area contributed by atoms with Gasteiger partial charge in [-0.2, -0.15) is 0 Å². The quantitative estimate of drug-likeness (QED) is 0.471. The summed E-state index contributed by atoms with van der Waals surface area (Å²) in [6.07, 6.45) is 1.83. The number of furan rings is 1. The normalized spacial score (nSPS) is 12.1. The van der Waals surface area contributed by atoms with E-state index in [1.165, 1.54) is 17.4 Å². The van der Waals surface area contributed by atoms with Crippen molar-refractivity contribution in [3.8, 4) is 5.75 Å². The standard InChI is InChI=1S/C22H14N2O5S/c25-20-19(30-22-23-16-3-1-2-4-17(16)24(20)22)11-13-5-7-14(8-6-13)28-12-15-9-10-18(29-15)21(26)27/h1-11H,12H2,(H,26,27). The molecule has 3 heterocycles. The molecule has 3 aromatic heterocycles. The highest BCUT2D eigenvalue weighted by atomic mass is 32.1. The molecule has 7 nitrogen and oxygen atoms in total. The summed E-state index contributed by atoms with van der Waals surface area (Å²) in [6.45, 7) is 0.121. The van der Waals surface area contributed by atoms with Crippen LogP contribution in [0.1, 0.15) is 21.9 Å². The van der Waals surface area contributed by atoms with Gasteiger partial charge in [-0.05, 0) is 48.0 Å². The lowest BCUT2D eigenvalue weighted by Crippen LogP contribution is -2.22. The smallest absolute Gasteiger partial charge is 0.371 e. The maximum absolute atomic E-state index is 12.8. The van der Waals surface area contributed by atoms with Crippen molar-refractivity contribution in [1.29, 1.82) is 0 Å². The molecule has 1 N–H and O–H groups in total. The molecule has 5 aromatic rings. The first-order valence-corrected chi connectivity index (χ1v) is 9.87. The van der Waals surface area contributed by atoms with E-state index < -0.39 is 5.97 Å². The first-order chi connectivity index (χ1) is 14.6. The third-order valence-corrected chi connectivity index (χ3v) is 5.55. The Hall–Kier alpha value is -3.91. The number of benzene rings is 2. The van der Waals surface area contributed by atoms with E-state index in [1.54, 1.807) is 22.6 Å². The molecule has 148 valence electrons. The van der Waals surface area contributed by atoms with Crippen molar-refractivity contribution in [1.82, 2.24) is 9.38 Å². The van der Waals surface area contributed by atoms with E-state index >= 15 is 0 Å². The Bertz CT molecular complexity index is 1490. The molecule has 0 aliphatic heterocycles. The molecule has 0 aliphatic rings. The Labute approximate surface area is 173 Å². The monoisotopic (exact) mass is 418 g/mol. The lowest BCUT2D eigenvalue weighted by Gasteiger charge is -2.04. The Morgan fingerprint density at radius 1 is 1.13 bits per heavy atom. The summed E-state index contributed by atoms with van der Waals surface area (Å²) in [5.74, 6) is -0.210. The Balaban J connectivity index is 1.37. The maximum Gasteiger partial charge on any atom is 0.371 e. The second-order valence-corrected chi connectivity index (χ2v) is 7.57. The van der Waals surface area contributed by atoms with Crippen LogP contribution < -0.4 is 14.8 Å². The number of carbonyl (C=O) groups is 1. The molecule has 2 aromatic carbocycles. The molecule has 0 aliphatic carbocycles. The molecule has 0 atom stereocenters. The third-order valence-electron chi connectivity index (χ3n) is 4.58. The Morgan fingerprint density at radius 2 is 1.93 bits per heavy atom. The van der Waals surface area contributed by atoms with Crippen molar-refractivity contribution in [3.63, 3.8) is 0 Å². The summed E-state index contributed by atoms with van der Waals surface area (Å²) >= 11 is 1.35. The van der Waals surface area contributed by atoms with Crippen LogP contribution in [-0.4, -0.2) is 20.5 Å². The Morgan fingerprint density at radius 3 is 2.70 bits per heavy atom. The molecule has 0 saturated carbocycles. The Kier molecular flexibility index (Phi) is 4.33. The van der Waals surface area contributed by atoms with Crippen LogP contribution in [0.15, 0.2) is 69.9 Å². The summed E-state index contributed by atoms with van der Waals surface area (Å²) in [5.41, 5.74) is 2.39. The van der Waals surface area contributed by atoms with Crippen LogP contribution in [0.5, 0.6) is 5.75 Å². The zero-order valence-corrected chi connectivity index (χ0v) is 16.3. The number of thiazole rings is 1. The number of imidazole rings is 1. The van der Waals surface area contributed by atoms with E-state index in [4.69, 9.17) is 14.3 Å². The molecule has 0 saturated heterocycles. The van der Waals surface area contributed by atoms with Crippen molar-refractivity contribution in [2.45, 2.75) is 6.61 Å². The molecular weight excluding hydrogens is 404 g/mol. The fraction of sp³-hybridized carbons (Fsp3) is 0.0455. The van der Waals surface area contributed by atoms with Gasteiger partial charge in [-0.15, -0.1) is 0 Å². The summed E-state index contributed by atoms with van der Waals surface area (Å²) in [6, 6.07) is 17.8. The van der Waals surface area contributed by atoms with E-state index in [1.807, 2.05) is 42.5 Å². The number of hydrogen-bond donors (Lipinski definition) is 1. The van der Waals surface area contributed by atoms with Gasteiger partial charge in [0.2, 0.25) is 5.76 Å². The number of para-hydroxylation sites is 2. The lowest BCUT2D eigenvalue weighted by molar-refractivity contribution is 0.0658. The van der Waals surface area contributed by atoms with Gasteiger partial charge in [0.25, 0.3) is 5.56 Å². The number of hydrogen-bond acceptors (Lipinski definition) is 6. The molecule has 0 amide bonds. The zero-order valence-electron chi connectivity index (χ0n) is 15.4. The van der Waals surface area contributed by atoms with Gasteiger partial charge in [-0.1, -0.05) is 35.6 Å². The van der Waals surface area contributed by atoms with Crippen molar-refractivity contribution < 1.29 is 19.1 Å². The zero-order chi connectivity index (χ0) is 20.7. The van der Waals surface area contributed by atoms with Crippen LogP contribution >= 0.6 is 11.3 Å². The summed E-state index contributed by atoms with van der Waals surface area (Å²) in [4.78, 5) is 28.8. The van der Waals surface area contributed by atoms with Crippen LogP contribution in [0.2, 0.25) is 0 Å². The largest absolute Gasteiger partial charge is 0.486 e. The van der Waals surface area contributed by atoms with Crippen molar-refractivity contribution >= 4 is 39.4 Å². The second kappa shape index (κ2) is 7.16. The van der Waals surface area contributed by atoms with Crippen molar-refractivity contribution in [2.75, 3.05) is 0 Å². The van der Waals surface area contributed by atoms with Gasteiger partial charge in [0, 0.05) is 0 Å². The van der Waals surface area contributed by atoms with Gasteiger partial charge in [-0.25, -0.2) is 14.2 Å². The maximum atomic E-state index is 12.8.